The Morgan fingerprint density at radius 1 is 1.50 bits per heavy atom. The van der Waals surface area contributed by atoms with E-state index in [0.29, 0.717) is 4.90 Å². The molecule has 82 valence electrons. The minimum absolute atomic E-state index is 0.0156. The number of amides is 1. The Morgan fingerprint density at radius 3 is 2.50 bits per heavy atom. The Bertz CT molecular complexity index is 231. The van der Waals surface area contributed by atoms with Gasteiger partial charge in [0.05, 0.1) is 18.8 Å². The van der Waals surface area contributed by atoms with Crippen molar-refractivity contribution in [1.29, 1.82) is 0 Å². The van der Waals surface area contributed by atoms with Crippen molar-refractivity contribution < 1.29 is 28.2 Å². The molecule has 0 bridgehead atoms. The van der Waals surface area contributed by atoms with Gasteiger partial charge in [0, 0.05) is 6.54 Å². The van der Waals surface area contributed by atoms with Gasteiger partial charge in [-0.05, 0) is 6.42 Å². The number of halogens is 3. The summed E-state index contributed by atoms with van der Waals surface area (Å²) in [6, 6.07) is -0.931. The van der Waals surface area contributed by atoms with Crippen molar-refractivity contribution in [3.63, 3.8) is 0 Å². The second kappa shape index (κ2) is 3.74. The first-order valence-electron chi connectivity index (χ1n) is 4.03. The van der Waals surface area contributed by atoms with Crippen LogP contribution in [0.25, 0.3) is 0 Å². The predicted molar refractivity (Wildman–Crippen MR) is 39.3 cm³/mol. The summed E-state index contributed by atoms with van der Waals surface area (Å²) >= 11 is 0. The fourth-order valence-electron chi connectivity index (χ4n) is 1.48. The van der Waals surface area contributed by atoms with E-state index in [1.165, 1.54) is 0 Å². The van der Waals surface area contributed by atoms with Gasteiger partial charge in [-0.25, -0.2) is 0 Å². The van der Waals surface area contributed by atoms with Gasteiger partial charge in [-0.3, -0.25) is 4.79 Å². The lowest BCUT2D eigenvalue weighted by Gasteiger charge is -2.23. The minimum Gasteiger partial charge on any atom is -0.394 e. The molecule has 14 heavy (non-hydrogen) atoms. The molecule has 1 fully saturated rings. The number of hydrogen-bond acceptors (Lipinski definition) is 3. The summed E-state index contributed by atoms with van der Waals surface area (Å²) in [6.45, 7) is -0.942. The maximum atomic E-state index is 12.0. The number of carbonyl (C=O) groups excluding carboxylic acids is 1. The first-order chi connectivity index (χ1) is 6.36. The van der Waals surface area contributed by atoms with Crippen molar-refractivity contribution in [3.05, 3.63) is 0 Å². The van der Waals surface area contributed by atoms with Crippen molar-refractivity contribution in [2.75, 3.05) is 13.2 Å². The molecule has 1 aliphatic heterocycles. The van der Waals surface area contributed by atoms with Crippen LogP contribution in [0, 0.1) is 0 Å². The summed E-state index contributed by atoms with van der Waals surface area (Å²) in [4.78, 5) is 11.2. The molecule has 1 heterocycles. The number of aliphatic hydroxyl groups excluding tert-OH is 2. The number of alkyl halides is 3. The molecule has 1 aliphatic rings. The van der Waals surface area contributed by atoms with E-state index in [2.05, 4.69) is 0 Å². The molecule has 0 aromatic carbocycles. The SMILES string of the molecule is O=C(N1C[C@H](O)C[C@H]1CO)C(F)(F)F. The molecule has 1 saturated heterocycles. The van der Waals surface area contributed by atoms with Crippen LogP contribution in [0.5, 0.6) is 0 Å². The first kappa shape index (κ1) is 11.3. The Labute approximate surface area is 77.9 Å². The number of carbonyl (C=O) groups is 1. The van der Waals surface area contributed by atoms with Crippen LogP contribution in [-0.2, 0) is 4.79 Å². The molecule has 7 heteroatoms. The van der Waals surface area contributed by atoms with Gasteiger partial charge in [0.1, 0.15) is 0 Å². The van der Waals surface area contributed by atoms with Gasteiger partial charge in [-0.2, -0.15) is 13.2 Å². The maximum Gasteiger partial charge on any atom is 0.471 e. The summed E-state index contributed by atoms with van der Waals surface area (Å²) in [6.07, 6.45) is -5.95. The monoisotopic (exact) mass is 213 g/mol. The third-order valence-electron chi connectivity index (χ3n) is 2.11. The second-order valence-electron chi connectivity index (χ2n) is 3.18. The highest BCUT2D eigenvalue weighted by atomic mass is 19.4. The van der Waals surface area contributed by atoms with Gasteiger partial charge in [-0.15, -0.1) is 0 Å². The molecule has 0 radical (unpaired) electrons. The van der Waals surface area contributed by atoms with Crippen LogP contribution in [-0.4, -0.2) is 52.5 Å². The van der Waals surface area contributed by atoms with Crippen LogP contribution in [0.2, 0.25) is 0 Å². The van der Waals surface area contributed by atoms with E-state index in [9.17, 15) is 18.0 Å². The van der Waals surface area contributed by atoms with E-state index in [1.807, 2.05) is 0 Å². The van der Waals surface area contributed by atoms with E-state index >= 15 is 0 Å². The van der Waals surface area contributed by atoms with E-state index in [-0.39, 0.29) is 13.0 Å². The molecule has 4 nitrogen and oxygen atoms in total. The molecule has 1 rings (SSSR count). The maximum absolute atomic E-state index is 12.0. The normalized spacial score (nSPS) is 28.2. The number of likely N-dealkylation sites (tertiary alicyclic amines) is 1. The summed E-state index contributed by atoms with van der Waals surface area (Å²) in [5.74, 6) is -2.01. The van der Waals surface area contributed by atoms with E-state index in [0.717, 1.165) is 0 Å². The lowest BCUT2D eigenvalue weighted by Crippen LogP contribution is -2.45. The molecule has 0 aromatic heterocycles. The second-order valence-corrected chi connectivity index (χ2v) is 3.18. The molecule has 0 spiro atoms. The van der Waals surface area contributed by atoms with Gasteiger partial charge in [0.25, 0.3) is 0 Å². The minimum atomic E-state index is -4.95. The lowest BCUT2D eigenvalue weighted by molar-refractivity contribution is -0.187. The first-order valence-corrected chi connectivity index (χ1v) is 4.03. The van der Waals surface area contributed by atoms with Crippen LogP contribution in [0.3, 0.4) is 0 Å². The van der Waals surface area contributed by atoms with Crippen LogP contribution < -0.4 is 0 Å². The van der Waals surface area contributed by atoms with Crippen LogP contribution in [0.4, 0.5) is 13.2 Å². The van der Waals surface area contributed by atoms with Crippen LogP contribution in [0.1, 0.15) is 6.42 Å². The van der Waals surface area contributed by atoms with Crippen LogP contribution in [0.15, 0.2) is 0 Å². The van der Waals surface area contributed by atoms with Crippen molar-refractivity contribution in [3.8, 4) is 0 Å². The Kier molecular flexibility index (Phi) is 3.01. The van der Waals surface area contributed by atoms with Gasteiger partial charge in [-0.1, -0.05) is 0 Å². The van der Waals surface area contributed by atoms with Crippen molar-refractivity contribution in [2.45, 2.75) is 24.7 Å². The molecule has 0 aliphatic carbocycles. The average Bonchev–Trinajstić information content (AvgIpc) is 2.43. The molecule has 0 aromatic rings. The van der Waals surface area contributed by atoms with Gasteiger partial charge >= 0.3 is 12.1 Å². The van der Waals surface area contributed by atoms with E-state index in [4.69, 9.17) is 10.2 Å². The van der Waals surface area contributed by atoms with Crippen molar-refractivity contribution in [2.24, 2.45) is 0 Å². The van der Waals surface area contributed by atoms with E-state index in [1.54, 1.807) is 0 Å². The molecule has 2 N–H and O–H groups in total. The number of aliphatic hydroxyl groups is 2. The van der Waals surface area contributed by atoms with Crippen molar-refractivity contribution >= 4 is 5.91 Å². The summed E-state index contributed by atoms with van der Waals surface area (Å²) in [5, 5.41) is 17.7. The number of hydrogen-bond donors (Lipinski definition) is 2. The zero-order chi connectivity index (χ0) is 10.9. The standard InChI is InChI=1S/C7H10F3NO3/c8-7(9,10)6(14)11-2-5(13)1-4(11)3-12/h4-5,12-13H,1-3H2/t4-,5+/m0/s1. The molecular formula is C7H10F3NO3. The van der Waals surface area contributed by atoms with E-state index < -0.39 is 30.8 Å². The highest BCUT2D eigenvalue weighted by molar-refractivity contribution is 5.82. The Hall–Kier alpha value is -0.820. The smallest absolute Gasteiger partial charge is 0.394 e. The summed E-state index contributed by atoms with van der Waals surface area (Å²) in [5.41, 5.74) is 0. The number of rotatable bonds is 1. The number of nitrogens with zero attached hydrogens (tertiary/aromatic N) is 1. The predicted octanol–water partition coefficient (Wildman–Crippen LogP) is -0.497. The highest BCUT2D eigenvalue weighted by Gasteiger charge is 2.47. The lowest BCUT2D eigenvalue weighted by atomic mass is 10.2. The molecular weight excluding hydrogens is 203 g/mol. The topological polar surface area (TPSA) is 60.8 Å². The molecule has 0 saturated carbocycles. The van der Waals surface area contributed by atoms with Gasteiger partial charge < -0.3 is 15.1 Å². The highest BCUT2D eigenvalue weighted by Crippen LogP contribution is 2.25. The third kappa shape index (κ3) is 2.16. The fraction of sp³-hybridized carbons (Fsp3) is 0.857. The summed E-state index contributed by atoms with van der Waals surface area (Å²) in [7, 11) is 0. The molecule has 2 atom stereocenters. The zero-order valence-electron chi connectivity index (χ0n) is 7.16. The van der Waals surface area contributed by atoms with Gasteiger partial charge in [0.2, 0.25) is 0 Å². The molecule has 0 unspecified atom stereocenters. The third-order valence-corrected chi connectivity index (χ3v) is 2.11. The molecule has 1 amide bonds. The Balaban J connectivity index is 2.72. The largest absolute Gasteiger partial charge is 0.471 e. The average molecular weight is 213 g/mol. The zero-order valence-corrected chi connectivity index (χ0v) is 7.16. The Morgan fingerprint density at radius 2 is 2.07 bits per heavy atom. The quantitative estimate of drug-likeness (QED) is 0.617. The van der Waals surface area contributed by atoms with Crippen molar-refractivity contribution in [1.82, 2.24) is 4.90 Å². The fourth-order valence-corrected chi connectivity index (χ4v) is 1.48. The summed E-state index contributed by atoms with van der Waals surface area (Å²) < 4.78 is 35.9. The number of β-amino-alcohol motifs (C(OH)–C–C–N with tert-alkyl or cyclic N) is 1. The van der Waals surface area contributed by atoms with Crippen LogP contribution >= 0.6 is 0 Å². The van der Waals surface area contributed by atoms with Gasteiger partial charge in [0.15, 0.2) is 0 Å².